The lowest BCUT2D eigenvalue weighted by Gasteiger charge is -2.04. The van der Waals surface area contributed by atoms with Gasteiger partial charge in [-0.2, -0.15) is 0 Å². The van der Waals surface area contributed by atoms with E-state index in [4.69, 9.17) is 11.6 Å². The van der Waals surface area contributed by atoms with Crippen LogP contribution in [0.5, 0.6) is 0 Å². The highest BCUT2D eigenvalue weighted by atomic mass is 35.5. The van der Waals surface area contributed by atoms with Gasteiger partial charge in [-0.25, -0.2) is 0 Å². The number of hydrogen-bond acceptors (Lipinski definition) is 5. The van der Waals surface area contributed by atoms with Gasteiger partial charge in [0.05, 0.1) is 26.1 Å². The SMILES string of the molecule is O=C(/C=C/c1ccccc1[N+](=O)[O-])Nc1ccc([N+](=O)[O-])cc1Cl. The van der Waals surface area contributed by atoms with Crippen LogP contribution in [0.1, 0.15) is 5.56 Å². The summed E-state index contributed by atoms with van der Waals surface area (Å²) in [7, 11) is 0. The minimum absolute atomic E-state index is 0.0108. The Hall–Kier alpha value is -3.26. The third-order valence-corrected chi connectivity index (χ3v) is 3.28. The Morgan fingerprint density at radius 2 is 1.79 bits per heavy atom. The van der Waals surface area contributed by atoms with E-state index < -0.39 is 15.8 Å². The number of nitrogens with one attached hydrogen (secondary N) is 1. The van der Waals surface area contributed by atoms with Gasteiger partial charge in [-0.1, -0.05) is 23.7 Å². The molecule has 0 spiro atoms. The number of non-ortho nitro benzene ring substituents is 1. The van der Waals surface area contributed by atoms with Crippen LogP contribution in [0.3, 0.4) is 0 Å². The van der Waals surface area contributed by atoms with Crippen LogP contribution in [0, 0.1) is 20.2 Å². The van der Waals surface area contributed by atoms with Gasteiger partial charge in [0.25, 0.3) is 11.4 Å². The molecule has 2 aromatic carbocycles. The summed E-state index contributed by atoms with van der Waals surface area (Å²) in [4.78, 5) is 32.2. The van der Waals surface area contributed by atoms with E-state index in [1.165, 1.54) is 36.4 Å². The zero-order valence-corrected chi connectivity index (χ0v) is 12.8. The number of anilines is 1. The first-order valence-electron chi connectivity index (χ1n) is 6.55. The van der Waals surface area contributed by atoms with Gasteiger partial charge < -0.3 is 5.32 Å². The first-order valence-corrected chi connectivity index (χ1v) is 6.92. The topological polar surface area (TPSA) is 115 Å². The van der Waals surface area contributed by atoms with E-state index >= 15 is 0 Å². The number of carbonyl (C=O) groups is 1. The average molecular weight is 348 g/mol. The van der Waals surface area contributed by atoms with Crippen molar-refractivity contribution < 1.29 is 14.6 Å². The first kappa shape index (κ1) is 17.1. The predicted molar refractivity (Wildman–Crippen MR) is 88.9 cm³/mol. The molecular weight excluding hydrogens is 338 g/mol. The molecule has 0 heterocycles. The normalized spacial score (nSPS) is 10.5. The fourth-order valence-electron chi connectivity index (χ4n) is 1.85. The summed E-state index contributed by atoms with van der Waals surface area (Å²) in [5, 5.41) is 24.0. The molecule has 0 fully saturated rings. The summed E-state index contributed by atoms with van der Waals surface area (Å²) in [5.74, 6) is -0.580. The predicted octanol–water partition coefficient (Wildman–Crippen LogP) is 3.81. The summed E-state index contributed by atoms with van der Waals surface area (Å²) in [6, 6.07) is 9.57. The van der Waals surface area contributed by atoms with Crippen LogP contribution >= 0.6 is 11.6 Å². The minimum atomic E-state index is -0.605. The Bertz CT molecular complexity index is 851. The maximum absolute atomic E-state index is 11.9. The Kier molecular flexibility index (Phi) is 5.23. The lowest BCUT2D eigenvalue weighted by molar-refractivity contribution is -0.385. The van der Waals surface area contributed by atoms with Gasteiger partial charge in [-0.15, -0.1) is 0 Å². The molecule has 0 saturated carbocycles. The van der Waals surface area contributed by atoms with Gasteiger partial charge in [0.2, 0.25) is 5.91 Å². The van der Waals surface area contributed by atoms with Crippen molar-refractivity contribution >= 4 is 40.6 Å². The summed E-state index contributed by atoms with van der Waals surface area (Å²) in [6.45, 7) is 0. The van der Waals surface area contributed by atoms with E-state index in [2.05, 4.69) is 5.32 Å². The minimum Gasteiger partial charge on any atom is -0.321 e. The number of hydrogen-bond donors (Lipinski definition) is 1. The van der Waals surface area contributed by atoms with Gasteiger partial charge in [-0.05, 0) is 18.2 Å². The van der Waals surface area contributed by atoms with Gasteiger partial charge in [0, 0.05) is 24.3 Å². The second kappa shape index (κ2) is 7.34. The smallest absolute Gasteiger partial charge is 0.276 e. The van der Waals surface area contributed by atoms with Crippen molar-refractivity contribution in [1.29, 1.82) is 0 Å². The number of carbonyl (C=O) groups excluding carboxylic acids is 1. The lowest BCUT2D eigenvalue weighted by Crippen LogP contribution is -2.08. The molecule has 2 aromatic rings. The first-order chi connectivity index (χ1) is 11.4. The number of nitro benzene ring substituents is 2. The molecule has 0 aliphatic rings. The summed E-state index contributed by atoms with van der Waals surface area (Å²) < 4.78 is 0. The zero-order valence-electron chi connectivity index (χ0n) is 12.0. The molecule has 24 heavy (non-hydrogen) atoms. The van der Waals surface area contributed by atoms with E-state index in [1.807, 2.05) is 0 Å². The number of halogens is 1. The van der Waals surface area contributed by atoms with Crippen molar-refractivity contribution in [2.24, 2.45) is 0 Å². The number of nitrogens with zero attached hydrogens (tertiary/aromatic N) is 2. The Balaban J connectivity index is 2.14. The van der Waals surface area contributed by atoms with Gasteiger partial charge in [0.1, 0.15) is 0 Å². The standard InChI is InChI=1S/C15H10ClN3O5/c16-12-9-11(18(21)22)6-7-13(12)17-15(20)8-5-10-3-1-2-4-14(10)19(23)24/h1-9H,(H,17,20)/b8-5+. The highest BCUT2D eigenvalue weighted by Gasteiger charge is 2.12. The molecule has 0 aromatic heterocycles. The molecule has 0 atom stereocenters. The number of para-hydroxylation sites is 1. The molecule has 0 aliphatic heterocycles. The van der Waals surface area contributed by atoms with Crippen molar-refractivity contribution in [2.75, 3.05) is 5.32 Å². The molecule has 122 valence electrons. The quantitative estimate of drug-likeness (QED) is 0.501. The second-order valence-electron chi connectivity index (χ2n) is 4.56. The Morgan fingerprint density at radius 1 is 1.08 bits per heavy atom. The third-order valence-electron chi connectivity index (χ3n) is 2.97. The van der Waals surface area contributed by atoms with Crippen molar-refractivity contribution in [3.63, 3.8) is 0 Å². The Labute approximate surface area is 140 Å². The van der Waals surface area contributed by atoms with E-state index in [1.54, 1.807) is 6.07 Å². The van der Waals surface area contributed by atoms with Gasteiger partial charge >= 0.3 is 0 Å². The molecule has 9 heteroatoms. The van der Waals surface area contributed by atoms with Crippen molar-refractivity contribution in [1.82, 2.24) is 0 Å². The highest BCUT2D eigenvalue weighted by molar-refractivity contribution is 6.34. The second-order valence-corrected chi connectivity index (χ2v) is 4.97. The molecular formula is C15H10ClN3O5. The van der Waals surface area contributed by atoms with Crippen LogP contribution in [0.15, 0.2) is 48.5 Å². The van der Waals surface area contributed by atoms with E-state index in [9.17, 15) is 25.0 Å². The molecule has 0 radical (unpaired) electrons. The fourth-order valence-corrected chi connectivity index (χ4v) is 2.08. The average Bonchev–Trinajstić information content (AvgIpc) is 2.54. The maximum atomic E-state index is 11.9. The number of rotatable bonds is 5. The van der Waals surface area contributed by atoms with Crippen LogP contribution in [-0.2, 0) is 4.79 Å². The van der Waals surface area contributed by atoms with Crippen molar-refractivity contribution in [2.45, 2.75) is 0 Å². The van der Waals surface area contributed by atoms with Crippen molar-refractivity contribution in [3.8, 4) is 0 Å². The molecule has 0 bridgehead atoms. The zero-order chi connectivity index (χ0) is 17.7. The van der Waals surface area contributed by atoms with E-state index in [-0.39, 0.29) is 27.6 Å². The summed E-state index contributed by atoms with van der Waals surface area (Å²) in [6.07, 6.45) is 2.41. The Morgan fingerprint density at radius 3 is 2.42 bits per heavy atom. The van der Waals surface area contributed by atoms with Gasteiger partial charge in [-0.3, -0.25) is 25.0 Å². The number of nitro groups is 2. The third kappa shape index (κ3) is 4.14. The van der Waals surface area contributed by atoms with Crippen LogP contribution in [0.25, 0.3) is 6.08 Å². The lowest BCUT2D eigenvalue weighted by atomic mass is 10.1. The summed E-state index contributed by atoms with van der Waals surface area (Å²) in [5.41, 5.74) is 0.135. The van der Waals surface area contributed by atoms with Crippen molar-refractivity contribution in [3.05, 3.63) is 79.4 Å². The largest absolute Gasteiger partial charge is 0.321 e. The van der Waals surface area contributed by atoms with Crippen LogP contribution < -0.4 is 5.32 Å². The molecule has 0 unspecified atom stereocenters. The molecule has 0 aliphatic carbocycles. The van der Waals surface area contributed by atoms with E-state index in [0.29, 0.717) is 0 Å². The monoisotopic (exact) mass is 347 g/mol. The summed E-state index contributed by atoms with van der Waals surface area (Å²) >= 11 is 5.87. The van der Waals surface area contributed by atoms with Gasteiger partial charge in [0.15, 0.2) is 0 Å². The van der Waals surface area contributed by atoms with E-state index in [0.717, 1.165) is 12.1 Å². The van der Waals surface area contributed by atoms with Crippen LogP contribution in [-0.4, -0.2) is 15.8 Å². The van der Waals surface area contributed by atoms with Crippen LogP contribution in [0.4, 0.5) is 17.1 Å². The number of amides is 1. The molecule has 1 N–H and O–H groups in total. The fraction of sp³-hybridized carbons (Fsp3) is 0. The highest BCUT2D eigenvalue weighted by Crippen LogP contribution is 2.26. The molecule has 0 saturated heterocycles. The molecule has 2 rings (SSSR count). The molecule has 8 nitrogen and oxygen atoms in total. The number of benzene rings is 2. The van der Waals surface area contributed by atoms with Crippen LogP contribution in [0.2, 0.25) is 5.02 Å². The molecule has 1 amide bonds. The maximum Gasteiger partial charge on any atom is 0.276 e.